The first-order chi connectivity index (χ1) is 9.34. The summed E-state index contributed by atoms with van der Waals surface area (Å²) in [5, 5.41) is 7.08. The van der Waals surface area contributed by atoms with Gasteiger partial charge in [-0.2, -0.15) is 0 Å². The van der Waals surface area contributed by atoms with Crippen molar-refractivity contribution in [1.82, 2.24) is 4.98 Å². The summed E-state index contributed by atoms with van der Waals surface area (Å²) in [5.41, 5.74) is 0. The van der Waals surface area contributed by atoms with E-state index < -0.39 is 0 Å². The highest BCUT2D eigenvalue weighted by molar-refractivity contribution is 6.24. The lowest BCUT2D eigenvalue weighted by Crippen LogP contribution is -1.83. The Morgan fingerprint density at radius 1 is 0.667 bits per heavy atom. The van der Waals surface area contributed by atoms with Crippen LogP contribution >= 0.6 is 0 Å². The third-order valence-corrected chi connectivity index (χ3v) is 3.48. The predicted molar refractivity (Wildman–Crippen MR) is 76.8 cm³/mol. The highest BCUT2D eigenvalue weighted by atomic mass is 14.6. The average Bonchev–Trinajstić information content (AvgIpc) is 2.47. The molecule has 0 aliphatic carbocycles. The van der Waals surface area contributed by atoms with Crippen molar-refractivity contribution >= 4 is 32.3 Å². The van der Waals surface area contributed by atoms with Crippen LogP contribution in [0.1, 0.15) is 1.37 Å². The molecule has 0 unspecified atom stereocenters. The maximum Gasteiger partial charge on any atom is 0.0623 e. The van der Waals surface area contributed by atoms with Gasteiger partial charge in [-0.05, 0) is 33.0 Å². The Bertz CT molecular complexity index is 893. The first-order valence-electron chi connectivity index (χ1n) is 6.49. The molecule has 0 spiro atoms. The zero-order chi connectivity index (χ0) is 12.8. The van der Waals surface area contributed by atoms with E-state index in [1.54, 1.807) is 0 Å². The van der Waals surface area contributed by atoms with Gasteiger partial charge in [-0.3, -0.25) is 4.98 Å². The molecule has 0 bridgehead atoms. The predicted octanol–water partition coefficient (Wildman–Crippen LogP) is 4.54. The number of hydrogen-bond acceptors (Lipinski definition) is 1. The maximum absolute atomic E-state index is 7.84. The van der Waals surface area contributed by atoms with E-state index in [4.69, 9.17) is 1.37 Å². The van der Waals surface area contributed by atoms with Crippen LogP contribution in [-0.2, 0) is 0 Å². The lowest BCUT2D eigenvalue weighted by atomic mass is 9.96. The first-order valence-corrected chi connectivity index (χ1v) is 5.99. The molecule has 0 aliphatic rings. The van der Waals surface area contributed by atoms with E-state index in [2.05, 4.69) is 29.2 Å². The molecule has 0 amide bonds. The molecule has 0 radical (unpaired) electrons. The van der Waals surface area contributed by atoms with Crippen molar-refractivity contribution in [2.75, 3.05) is 0 Å². The Morgan fingerprint density at radius 2 is 1.28 bits per heavy atom. The van der Waals surface area contributed by atoms with Gasteiger partial charge in [-0.25, -0.2) is 0 Å². The Balaban J connectivity index is 2.43. The van der Waals surface area contributed by atoms with Crippen LogP contribution in [0.25, 0.3) is 32.3 Å². The van der Waals surface area contributed by atoms with Crippen molar-refractivity contribution in [3.8, 4) is 0 Å². The number of hydrogen-bond donors (Lipinski definition) is 0. The third-order valence-electron chi connectivity index (χ3n) is 3.48. The number of fused-ring (bicyclic) bond motifs is 6. The molecule has 0 atom stereocenters. The van der Waals surface area contributed by atoms with Crippen LogP contribution in [0.3, 0.4) is 0 Å². The van der Waals surface area contributed by atoms with Gasteiger partial charge in [0, 0.05) is 17.8 Å². The zero-order valence-electron chi connectivity index (χ0n) is 10.7. The molecular formula is C17H11N. The maximum atomic E-state index is 7.84. The molecule has 0 saturated carbocycles. The molecule has 1 heteroatoms. The van der Waals surface area contributed by atoms with Crippen LogP contribution in [-0.4, -0.2) is 4.98 Å². The molecule has 18 heavy (non-hydrogen) atoms. The van der Waals surface area contributed by atoms with E-state index in [9.17, 15) is 0 Å². The molecular weight excluding hydrogens is 218 g/mol. The smallest absolute Gasteiger partial charge is 0.0623 e. The van der Waals surface area contributed by atoms with Crippen molar-refractivity contribution in [3.05, 3.63) is 67.0 Å². The number of nitrogens with zero attached hydrogens (tertiary/aromatic N) is 1. The second-order valence-electron chi connectivity index (χ2n) is 4.44. The van der Waals surface area contributed by atoms with Gasteiger partial charge >= 0.3 is 0 Å². The van der Waals surface area contributed by atoms with Crippen molar-refractivity contribution < 1.29 is 1.37 Å². The SMILES string of the molecule is [2H]c1ccc2c3cnccc3c3ccccc3c2c1. The van der Waals surface area contributed by atoms with Gasteiger partial charge in [0.15, 0.2) is 0 Å². The zero-order valence-corrected chi connectivity index (χ0v) is 9.72. The van der Waals surface area contributed by atoms with Crippen molar-refractivity contribution in [2.45, 2.75) is 0 Å². The van der Waals surface area contributed by atoms with Crippen LogP contribution in [0, 0.1) is 0 Å². The molecule has 0 saturated heterocycles. The normalized spacial score (nSPS) is 12.1. The molecule has 84 valence electrons. The molecule has 0 fully saturated rings. The lowest BCUT2D eigenvalue weighted by Gasteiger charge is -2.09. The topological polar surface area (TPSA) is 12.9 Å². The molecule has 3 aromatic carbocycles. The fourth-order valence-corrected chi connectivity index (χ4v) is 2.68. The number of benzene rings is 3. The molecule has 1 nitrogen and oxygen atoms in total. The minimum absolute atomic E-state index is 0.542. The highest BCUT2D eigenvalue weighted by Crippen LogP contribution is 2.33. The van der Waals surface area contributed by atoms with Gasteiger partial charge in [-0.1, -0.05) is 48.5 Å². The number of pyridine rings is 1. The number of rotatable bonds is 0. The van der Waals surface area contributed by atoms with Crippen molar-refractivity contribution in [2.24, 2.45) is 0 Å². The highest BCUT2D eigenvalue weighted by Gasteiger charge is 2.06. The fraction of sp³-hybridized carbons (Fsp3) is 0. The number of aromatic nitrogens is 1. The molecule has 4 rings (SSSR count). The summed E-state index contributed by atoms with van der Waals surface area (Å²) in [6, 6.07) is 16.8. The minimum Gasteiger partial charge on any atom is -0.264 e. The summed E-state index contributed by atoms with van der Waals surface area (Å²) < 4.78 is 7.84. The second-order valence-corrected chi connectivity index (χ2v) is 4.44. The van der Waals surface area contributed by atoms with Gasteiger partial charge < -0.3 is 0 Å². The van der Waals surface area contributed by atoms with E-state index in [0.717, 1.165) is 16.2 Å². The third kappa shape index (κ3) is 1.19. The van der Waals surface area contributed by atoms with Gasteiger partial charge in [0.05, 0.1) is 1.37 Å². The van der Waals surface area contributed by atoms with E-state index in [-0.39, 0.29) is 0 Å². The summed E-state index contributed by atoms with van der Waals surface area (Å²) in [5.74, 6) is 0. The van der Waals surface area contributed by atoms with E-state index >= 15 is 0 Å². The van der Waals surface area contributed by atoms with Gasteiger partial charge in [-0.15, -0.1) is 0 Å². The van der Waals surface area contributed by atoms with Crippen LogP contribution in [0.5, 0.6) is 0 Å². The standard InChI is InChI=1S/C17H11N/c1-2-7-14-12(5-1)13-6-3-4-8-15(13)17-11-18-10-9-16(14)17/h1-11H/i3D. The Hall–Kier alpha value is -2.41. The quantitative estimate of drug-likeness (QED) is 0.404. The molecule has 1 aromatic heterocycles. The van der Waals surface area contributed by atoms with Gasteiger partial charge in [0.2, 0.25) is 0 Å². The summed E-state index contributed by atoms with van der Waals surface area (Å²) in [7, 11) is 0. The minimum atomic E-state index is 0.542. The summed E-state index contributed by atoms with van der Waals surface area (Å²) in [6.45, 7) is 0. The lowest BCUT2D eigenvalue weighted by molar-refractivity contribution is 1.37. The van der Waals surface area contributed by atoms with E-state index in [1.165, 1.54) is 16.2 Å². The second kappa shape index (κ2) is 3.54. The van der Waals surface area contributed by atoms with Crippen LogP contribution < -0.4 is 0 Å². The first kappa shape index (κ1) is 8.65. The average molecular weight is 230 g/mol. The Labute approximate surface area is 106 Å². The van der Waals surface area contributed by atoms with E-state index in [1.807, 2.05) is 36.7 Å². The largest absolute Gasteiger partial charge is 0.264 e. The van der Waals surface area contributed by atoms with Crippen LogP contribution in [0.2, 0.25) is 0 Å². The summed E-state index contributed by atoms with van der Waals surface area (Å²) in [6.07, 6.45) is 3.74. The monoisotopic (exact) mass is 230 g/mol. The van der Waals surface area contributed by atoms with Gasteiger partial charge in [0.25, 0.3) is 0 Å². The van der Waals surface area contributed by atoms with E-state index in [0.29, 0.717) is 6.04 Å². The van der Waals surface area contributed by atoms with Crippen LogP contribution in [0.4, 0.5) is 0 Å². The Kier molecular flexibility index (Phi) is 1.70. The summed E-state index contributed by atoms with van der Waals surface area (Å²) in [4.78, 5) is 4.25. The molecule has 0 aliphatic heterocycles. The Morgan fingerprint density at radius 3 is 2.11 bits per heavy atom. The van der Waals surface area contributed by atoms with Crippen molar-refractivity contribution in [1.29, 1.82) is 0 Å². The van der Waals surface area contributed by atoms with Crippen molar-refractivity contribution in [3.63, 3.8) is 0 Å². The molecule has 4 aromatic rings. The van der Waals surface area contributed by atoms with Gasteiger partial charge in [0.1, 0.15) is 0 Å². The fourth-order valence-electron chi connectivity index (χ4n) is 2.68. The summed E-state index contributed by atoms with van der Waals surface area (Å²) >= 11 is 0. The van der Waals surface area contributed by atoms with Crippen LogP contribution in [0.15, 0.2) is 67.0 Å². The molecule has 0 N–H and O–H groups in total. The molecule has 1 heterocycles.